The Morgan fingerprint density at radius 1 is 1.20 bits per heavy atom. The first-order valence-corrected chi connectivity index (χ1v) is 8.13. The van der Waals surface area contributed by atoms with Gasteiger partial charge in [0.15, 0.2) is 5.82 Å². The molecule has 1 aromatic carbocycles. The molecule has 0 saturated heterocycles. The van der Waals surface area contributed by atoms with E-state index in [0.29, 0.717) is 0 Å². The first-order chi connectivity index (χ1) is 9.42. The molecule has 7 heteroatoms. The first kappa shape index (κ1) is 15.2. The molecule has 1 aliphatic rings. The first-order valence-electron chi connectivity index (χ1n) is 6.65. The highest BCUT2D eigenvalue weighted by Crippen LogP contribution is 2.25. The van der Waals surface area contributed by atoms with Crippen LogP contribution in [0.5, 0.6) is 0 Å². The van der Waals surface area contributed by atoms with Crippen LogP contribution in [0.2, 0.25) is 0 Å². The Labute approximate surface area is 117 Å². The highest BCUT2D eigenvalue weighted by Gasteiger charge is 2.24. The fourth-order valence-corrected chi connectivity index (χ4v) is 3.66. The zero-order chi connectivity index (χ0) is 14.8. The van der Waals surface area contributed by atoms with Gasteiger partial charge < -0.3 is 5.73 Å². The predicted octanol–water partition coefficient (Wildman–Crippen LogP) is 2.41. The molecule has 0 unspecified atom stereocenters. The SMILES string of the molecule is Nc1c(F)ccc(S(=O)(=O)NCC2CCCCC2)c1F. The maximum Gasteiger partial charge on any atom is 0.243 e. The van der Waals surface area contributed by atoms with Crippen molar-refractivity contribution in [1.82, 2.24) is 4.72 Å². The molecule has 2 rings (SSSR count). The minimum atomic E-state index is -4.00. The molecule has 0 aliphatic heterocycles. The van der Waals surface area contributed by atoms with Gasteiger partial charge in [0.1, 0.15) is 16.4 Å². The average molecular weight is 304 g/mol. The van der Waals surface area contributed by atoms with Crippen LogP contribution in [0.25, 0.3) is 0 Å². The molecule has 0 spiro atoms. The van der Waals surface area contributed by atoms with E-state index in [4.69, 9.17) is 5.73 Å². The molecule has 0 heterocycles. The Kier molecular flexibility index (Phi) is 4.59. The summed E-state index contributed by atoms with van der Waals surface area (Å²) in [5.41, 5.74) is 4.40. The third kappa shape index (κ3) is 3.27. The third-order valence-corrected chi connectivity index (χ3v) is 5.11. The van der Waals surface area contributed by atoms with Gasteiger partial charge in [-0.3, -0.25) is 0 Å². The topological polar surface area (TPSA) is 72.2 Å². The fourth-order valence-electron chi connectivity index (χ4n) is 2.45. The van der Waals surface area contributed by atoms with Crippen LogP contribution < -0.4 is 10.5 Å². The normalized spacial score (nSPS) is 17.3. The standard InChI is InChI=1S/C13H18F2N2O2S/c14-10-6-7-11(12(15)13(10)16)20(18,19)17-8-9-4-2-1-3-5-9/h6-7,9,17H,1-5,8,16H2. The number of sulfonamides is 1. The van der Waals surface area contributed by atoms with E-state index in [1.807, 2.05) is 0 Å². The largest absolute Gasteiger partial charge is 0.394 e. The summed E-state index contributed by atoms with van der Waals surface area (Å²) in [4.78, 5) is -0.604. The molecule has 3 N–H and O–H groups in total. The molecule has 0 bridgehead atoms. The average Bonchev–Trinajstić information content (AvgIpc) is 2.44. The number of nitrogens with two attached hydrogens (primary N) is 1. The quantitative estimate of drug-likeness (QED) is 0.839. The van der Waals surface area contributed by atoms with E-state index in [2.05, 4.69) is 4.72 Å². The maximum atomic E-state index is 13.7. The van der Waals surface area contributed by atoms with Gasteiger partial charge in [-0.1, -0.05) is 19.3 Å². The van der Waals surface area contributed by atoms with Crippen LogP contribution in [0, 0.1) is 17.6 Å². The van der Waals surface area contributed by atoms with E-state index in [1.54, 1.807) is 0 Å². The number of anilines is 1. The van der Waals surface area contributed by atoms with Crippen molar-refractivity contribution in [3.8, 4) is 0 Å². The van der Waals surface area contributed by atoms with Gasteiger partial charge in [0, 0.05) is 6.54 Å². The highest BCUT2D eigenvalue weighted by molar-refractivity contribution is 7.89. The van der Waals surface area contributed by atoms with Crippen molar-refractivity contribution in [2.24, 2.45) is 5.92 Å². The van der Waals surface area contributed by atoms with Crippen molar-refractivity contribution in [1.29, 1.82) is 0 Å². The van der Waals surface area contributed by atoms with E-state index >= 15 is 0 Å². The fraction of sp³-hybridized carbons (Fsp3) is 0.538. The number of hydrogen-bond donors (Lipinski definition) is 2. The number of rotatable bonds is 4. The zero-order valence-electron chi connectivity index (χ0n) is 11.0. The molecule has 0 atom stereocenters. The number of halogens is 2. The zero-order valence-corrected chi connectivity index (χ0v) is 11.8. The summed E-state index contributed by atoms with van der Waals surface area (Å²) in [5.74, 6) is -1.92. The monoisotopic (exact) mass is 304 g/mol. The van der Waals surface area contributed by atoms with Crippen LogP contribution in [-0.4, -0.2) is 15.0 Å². The second kappa shape index (κ2) is 6.05. The molecule has 20 heavy (non-hydrogen) atoms. The number of benzene rings is 1. The molecule has 0 amide bonds. The summed E-state index contributed by atoms with van der Waals surface area (Å²) < 4.78 is 53.2. The molecular formula is C13H18F2N2O2S. The van der Waals surface area contributed by atoms with Crippen LogP contribution >= 0.6 is 0 Å². The van der Waals surface area contributed by atoms with Gasteiger partial charge in [-0.15, -0.1) is 0 Å². The molecule has 1 aromatic rings. The Balaban J connectivity index is 2.12. The lowest BCUT2D eigenvalue weighted by molar-refractivity contribution is 0.357. The molecule has 1 aliphatic carbocycles. The molecule has 1 saturated carbocycles. The Morgan fingerprint density at radius 2 is 1.85 bits per heavy atom. The summed E-state index contributed by atoms with van der Waals surface area (Å²) in [6.07, 6.45) is 5.29. The smallest absolute Gasteiger partial charge is 0.243 e. The second-order valence-electron chi connectivity index (χ2n) is 5.13. The van der Waals surface area contributed by atoms with Crippen molar-refractivity contribution in [2.75, 3.05) is 12.3 Å². The Morgan fingerprint density at radius 3 is 2.50 bits per heavy atom. The lowest BCUT2D eigenvalue weighted by Gasteiger charge is -2.21. The van der Waals surface area contributed by atoms with Gasteiger partial charge in [-0.2, -0.15) is 0 Å². The van der Waals surface area contributed by atoms with Gasteiger partial charge in [0.05, 0.1) is 0 Å². The molecule has 1 fully saturated rings. The Bertz CT molecular complexity index is 584. The number of nitrogens with one attached hydrogen (secondary N) is 1. The molecule has 4 nitrogen and oxygen atoms in total. The number of nitrogen functional groups attached to an aromatic ring is 1. The maximum absolute atomic E-state index is 13.7. The summed E-state index contributed by atoms with van der Waals surface area (Å²) in [5, 5.41) is 0. The highest BCUT2D eigenvalue weighted by atomic mass is 32.2. The summed E-state index contributed by atoms with van der Waals surface area (Å²) in [6, 6.07) is 1.75. The molecular weight excluding hydrogens is 286 g/mol. The van der Waals surface area contributed by atoms with Gasteiger partial charge in [-0.05, 0) is 30.9 Å². The molecule has 112 valence electrons. The van der Waals surface area contributed by atoms with Crippen LogP contribution in [0.4, 0.5) is 14.5 Å². The van der Waals surface area contributed by atoms with Crippen LogP contribution in [0.15, 0.2) is 17.0 Å². The van der Waals surface area contributed by atoms with E-state index in [1.165, 1.54) is 6.42 Å². The lowest BCUT2D eigenvalue weighted by Crippen LogP contribution is -2.31. The van der Waals surface area contributed by atoms with Crippen molar-refractivity contribution in [3.63, 3.8) is 0 Å². The van der Waals surface area contributed by atoms with Crippen molar-refractivity contribution >= 4 is 15.7 Å². The van der Waals surface area contributed by atoms with Crippen molar-refractivity contribution < 1.29 is 17.2 Å². The molecule has 0 aromatic heterocycles. The van der Waals surface area contributed by atoms with Crippen molar-refractivity contribution in [3.05, 3.63) is 23.8 Å². The third-order valence-electron chi connectivity index (χ3n) is 3.67. The van der Waals surface area contributed by atoms with Gasteiger partial charge in [0.25, 0.3) is 0 Å². The van der Waals surface area contributed by atoms with E-state index < -0.39 is 32.2 Å². The summed E-state index contributed by atoms with van der Waals surface area (Å²) >= 11 is 0. The van der Waals surface area contributed by atoms with Gasteiger partial charge >= 0.3 is 0 Å². The minimum Gasteiger partial charge on any atom is -0.394 e. The minimum absolute atomic E-state index is 0.277. The second-order valence-corrected chi connectivity index (χ2v) is 6.86. The van der Waals surface area contributed by atoms with Gasteiger partial charge in [0.2, 0.25) is 10.0 Å². The van der Waals surface area contributed by atoms with Crippen LogP contribution in [-0.2, 0) is 10.0 Å². The predicted molar refractivity (Wildman–Crippen MR) is 72.5 cm³/mol. The summed E-state index contributed by atoms with van der Waals surface area (Å²) in [7, 11) is -4.00. The van der Waals surface area contributed by atoms with E-state index in [0.717, 1.165) is 37.8 Å². The van der Waals surface area contributed by atoms with E-state index in [9.17, 15) is 17.2 Å². The van der Waals surface area contributed by atoms with Crippen LogP contribution in [0.3, 0.4) is 0 Å². The van der Waals surface area contributed by atoms with E-state index in [-0.39, 0.29) is 12.5 Å². The van der Waals surface area contributed by atoms with Gasteiger partial charge in [-0.25, -0.2) is 21.9 Å². The Hall–Kier alpha value is -1.21. The number of hydrogen-bond acceptors (Lipinski definition) is 3. The lowest BCUT2D eigenvalue weighted by atomic mass is 9.90. The van der Waals surface area contributed by atoms with Crippen molar-refractivity contribution in [2.45, 2.75) is 37.0 Å². The summed E-state index contributed by atoms with van der Waals surface area (Å²) in [6.45, 7) is 0.277. The molecule has 0 radical (unpaired) electrons. The van der Waals surface area contributed by atoms with Crippen LogP contribution in [0.1, 0.15) is 32.1 Å².